The molecule has 21 heavy (non-hydrogen) atoms. The standard InChI is InChI=1S/C14H15N3O3S/c1-21(19,20)13-4-2-12(3-5-13)17-14(18)9-6-10(15)8-11(16)7-9/h2-8H,15-16H2,1H3,(H,17,18). The van der Waals surface area contributed by atoms with Crippen LogP contribution in [0.4, 0.5) is 17.1 Å². The van der Waals surface area contributed by atoms with E-state index in [1.165, 1.54) is 36.4 Å². The summed E-state index contributed by atoms with van der Waals surface area (Å²) in [6, 6.07) is 10.5. The fraction of sp³-hybridized carbons (Fsp3) is 0.0714. The average Bonchev–Trinajstić information content (AvgIpc) is 2.37. The van der Waals surface area contributed by atoms with Crippen molar-refractivity contribution in [1.29, 1.82) is 0 Å². The number of hydrogen-bond acceptors (Lipinski definition) is 5. The molecule has 110 valence electrons. The summed E-state index contributed by atoms with van der Waals surface area (Å²) in [6.45, 7) is 0. The summed E-state index contributed by atoms with van der Waals surface area (Å²) in [7, 11) is -3.26. The van der Waals surface area contributed by atoms with Gasteiger partial charge in [0.2, 0.25) is 0 Å². The molecule has 0 aliphatic heterocycles. The molecule has 0 saturated carbocycles. The molecule has 2 aromatic carbocycles. The van der Waals surface area contributed by atoms with E-state index in [1.54, 1.807) is 6.07 Å². The van der Waals surface area contributed by atoms with E-state index in [0.29, 0.717) is 22.6 Å². The fourth-order valence-electron chi connectivity index (χ4n) is 1.80. The molecule has 0 unspecified atom stereocenters. The fourth-order valence-corrected chi connectivity index (χ4v) is 2.43. The van der Waals surface area contributed by atoms with Gasteiger partial charge in [-0.05, 0) is 42.5 Å². The number of rotatable bonds is 3. The number of nitrogens with two attached hydrogens (primary N) is 2. The van der Waals surface area contributed by atoms with Crippen LogP contribution in [-0.4, -0.2) is 20.6 Å². The van der Waals surface area contributed by atoms with Gasteiger partial charge < -0.3 is 16.8 Å². The van der Waals surface area contributed by atoms with Gasteiger partial charge in [0, 0.05) is 28.9 Å². The van der Waals surface area contributed by atoms with Crippen molar-refractivity contribution < 1.29 is 13.2 Å². The highest BCUT2D eigenvalue weighted by atomic mass is 32.2. The lowest BCUT2D eigenvalue weighted by Gasteiger charge is -2.07. The van der Waals surface area contributed by atoms with E-state index in [0.717, 1.165) is 6.26 Å². The van der Waals surface area contributed by atoms with Crippen LogP contribution in [0.25, 0.3) is 0 Å². The zero-order valence-corrected chi connectivity index (χ0v) is 12.1. The maximum atomic E-state index is 12.1. The predicted octanol–water partition coefficient (Wildman–Crippen LogP) is 1.51. The van der Waals surface area contributed by atoms with Gasteiger partial charge in [-0.1, -0.05) is 0 Å². The number of sulfone groups is 1. The van der Waals surface area contributed by atoms with Crippen LogP contribution in [0.1, 0.15) is 10.4 Å². The first-order chi connectivity index (χ1) is 9.75. The summed E-state index contributed by atoms with van der Waals surface area (Å²) < 4.78 is 22.7. The van der Waals surface area contributed by atoms with E-state index >= 15 is 0 Å². The third kappa shape index (κ3) is 3.73. The third-order valence-corrected chi connectivity index (χ3v) is 3.91. The summed E-state index contributed by atoms with van der Waals surface area (Å²) in [5, 5.41) is 2.65. The van der Waals surface area contributed by atoms with Crippen LogP contribution in [0.5, 0.6) is 0 Å². The van der Waals surface area contributed by atoms with Crippen LogP contribution >= 0.6 is 0 Å². The first-order valence-corrected chi connectivity index (χ1v) is 7.92. The van der Waals surface area contributed by atoms with Crippen molar-refractivity contribution in [2.75, 3.05) is 23.0 Å². The molecule has 1 amide bonds. The second-order valence-corrected chi connectivity index (χ2v) is 6.65. The highest BCUT2D eigenvalue weighted by Crippen LogP contribution is 2.17. The summed E-state index contributed by atoms with van der Waals surface area (Å²) in [5.41, 5.74) is 12.9. The van der Waals surface area contributed by atoms with Crippen LogP contribution in [0.3, 0.4) is 0 Å². The van der Waals surface area contributed by atoms with E-state index in [4.69, 9.17) is 11.5 Å². The minimum atomic E-state index is -3.26. The van der Waals surface area contributed by atoms with Gasteiger partial charge in [0.05, 0.1) is 4.90 Å². The summed E-state index contributed by atoms with van der Waals surface area (Å²) in [6.07, 6.45) is 1.12. The molecule has 0 aromatic heterocycles. The summed E-state index contributed by atoms with van der Waals surface area (Å²) in [5.74, 6) is -0.374. The second-order valence-electron chi connectivity index (χ2n) is 4.64. The molecule has 7 heteroatoms. The van der Waals surface area contributed by atoms with Crippen LogP contribution in [0, 0.1) is 0 Å². The Morgan fingerprint density at radius 1 is 1.00 bits per heavy atom. The van der Waals surface area contributed by atoms with E-state index in [1.807, 2.05) is 0 Å². The summed E-state index contributed by atoms with van der Waals surface area (Å²) in [4.78, 5) is 12.2. The Bertz CT molecular complexity index is 763. The topological polar surface area (TPSA) is 115 Å². The molecule has 2 aromatic rings. The van der Waals surface area contributed by atoms with Crippen LogP contribution in [0.15, 0.2) is 47.4 Å². The van der Waals surface area contributed by atoms with Crippen molar-refractivity contribution in [3.63, 3.8) is 0 Å². The largest absolute Gasteiger partial charge is 0.399 e. The zero-order valence-electron chi connectivity index (χ0n) is 11.3. The molecule has 0 atom stereocenters. The lowest BCUT2D eigenvalue weighted by Crippen LogP contribution is -2.12. The zero-order chi connectivity index (χ0) is 15.6. The molecule has 0 aliphatic carbocycles. The van der Waals surface area contributed by atoms with Gasteiger partial charge in [-0.15, -0.1) is 0 Å². The van der Waals surface area contributed by atoms with Gasteiger partial charge in [-0.3, -0.25) is 4.79 Å². The Balaban J connectivity index is 2.20. The van der Waals surface area contributed by atoms with Crippen molar-refractivity contribution in [1.82, 2.24) is 0 Å². The van der Waals surface area contributed by atoms with Crippen LogP contribution < -0.4 is 16.8 Å². The van der Waals surface area contributed by atoms with Gasteiger partial charge in [0.15, 0.2) is 9.84 Å². The number of amides is 1. The van der Waals surface area contributed by atoms with E-state index in [9.17, 15) is 13.2 Å². The Hall–Kier alpha value is -2.54. The smallest absolute Gasteiger partial charge is 0.255 e. The Kier molecular flexibility index (Phi) is 3.86. The molecular weight excluding hydrogens is 290 g/mol. The van der Waals surface area contributed by atoms with Crippen LogP contribution in [0.2, 0.25) is 0 Å². The highest BCUT2D eigenvalue weighted by Gasteiger charge is 2.10. The first-order valence-electron chi connectivity index (χ1n) is 6.03. The van der Waals surface area contributed by atoms with Gasteiger partial charge in [-0.2, -0.15) is 0 Å². The SMILES string of the molecule is CS(=O)(=O)c1ccc(NC(=O)c2cc(N)cc(N)c2)cc1. The molecule has 0 aliphatic rings. The van der Waals surface area contributed by atoms with Gasteiger partial charge in [0.1, 0.15) is 0 Å². The number of nitrogens with one attached hydrogen (secondary N) is 1. The Morgan fingerprint density at radius 3 is 2.00 bits per heavy atom. The maximum Gasteiger partial charge on any atom is 0.255 e. The molecule has 6 nitrogen and oxygen atoms in total. The number of anilines is 3. The third-order valence-electron chi connectivity index (χ3n) is 2.78. The monoisotopic (exact) mass is 305 g/mol. The molecule has 2 rings (SSSR count). The molecule has 5 N–H and O–H groups in total. The van der Waals surface area contributed by atoms with Crippen LogP contribution in [-0.2, 0) is 9.84 Å². The minimum absolute atomic E-state index is 0.189. The normalized spacial score (nSPS) is 11.1. The minimum Gasteiger partial charge on any atom is -0.399 e. The molecule has 0 bridgehead atoms. The van der Waals surface area contributed by atoms with E-state index in [2.05, 4.69) is 5.32 Å². The maximum absolute atomic E-state index is 12.1. The van der Waals surface area contributed by atoms with Gasteiger partial charge in [0.25, 0.3) is 5.91 Å². The van der Waals surface area contributed by atoms with Gasteiger partial charge >= 0.3 is 0 Å². The number of carbonyl (C=O) groups excluding carboxylic acids is 1. The number of benzene rings is 2. The highest BCUT2D eigenvalue weighted by molar-refractivity contribution is 7.90. The van der Waals surface area contributed by atoms with Crippen molar-refractivity contribution >= 4 is 32.8 Å². The lowest BCUT2D eigenvalue weighted by atomic mass is 10.1. The van der Waals surface area contributed by atoms with E-state index < -0.39 is 9.84 Å². The first kappa shape index (κ1) is 14.9. The quantitative estimate of drug-likeness (QED) is 0.743. The van der Waals surface area contributed by atoms with E-state index in [-0.39, 0.29) is 10.8 Å². The van der Waals surface area contributed by atoms with Gasteiger partial charge in [-0.25, -0.2) is 8.42 Å². The molecule has 0 spiro atoms. The molecule has 0 fully saturated rings. The Morgan fingerprint density at radius 2 is 1.52 bits per heavy atom. The van der Waals surface area contributed by atoms with Crippen molar-refractivity contribution in [3.05, 3.63) is 48.0 Å². The average molecular weight is 305 g/mol. The van der Waals surface area contributed by atoms with Crippen molar-refractivity contribution in [3.8, 4) is 0 Å². The summed E-state index contributed by atoms with van der Waals surface area (Å²) >= 11 is 0. The molecular formula is C14H15N3O3S. The Labute approximate surface area is 122 Å². The second kappa shape index (κ2) is 5.45. The number of nitrogen functional groups attached to an aromatic ring is 2. The number of carbonyl (C=O) groups is 1. The lowest BCUT2D eigenvalue weighted by molar-refractivity contribution is 0.102. The van der Waals surface area contributed by atoms with Crippen molar-refractivity contribution in [2.24, 2.45) is 0 Å². The molecule has 0 heterocycles. The number of hydrogen-bond donors (Lipinski definition) is 3. The molecule has 0 saturated heterocycles. The molecule has 0 radical (unpaired) electrons. The predicted molar refractivity (Wildman–Crippen MR) is 82.8 cm³/mol. The van der Waals surface area contributed by atoms with Crippen molar-refractivity contribution in [2.45, 2.75) is 4.90 Å².